The van der Waals surface area contributed by atoms with Crippen LogP contribution in [0.2, 0.25) is 0 Å². The maximum Gasteiger partial charge on any atom is 0.181 e. The predicted molar refractivity (Wildman–Crippen MR) is 68.7 cm³/mol. The van der Waals surface area contributed by atoms with E-state index in [0.717, 1.165) is 19.0 Å². The van der Waals surface area contributed by atoms with Gasteiger partial charge in [0.15, 0.2) is 9.84 Å². The van der Waals surface area contributed by atoms with Gasteiger partial charge in [-0.05, 0) is 44.0 Å². The summed E-state index contributed by atoms with van der Waals surface area (Å²) < 4.78 is 37.8. The smallest absolute Gasteiger partial charge is 0.181 e. The van der Waals surface area contributed by atoms with Crippen molar-refractivity contribution in [3.05, 3.63) is 30.1 Å². The third kappa shape index (κ3) is 2.72. The normalized spacial score (nSPS) is 24.3. The minimum atomic E-state index is -3.39. The summed E-state index contributed by atoms with van der Waals surface area (Å²) in [5.41, 5.74) is 0. The van der Waals surface area contributed by atoms with Crippen LogP contribution in [0, 0.1) is 5.82 Å². The van der Waals surface area contributed by atoms with Gasteiger partial charge in [0.2, 0.25) is 0 Å². The number of halogens is 1. The van der Waals surface area contributed by atoms with Crippen molar-refractivity contribution >= 4 is 9.84 Å². The average Bonchev–Trinajstić information content (AvgIpc) is 2.79. The Balaban J connectivity index is 2.18. The minimum Gasteiger partial charge on any atom is -0.314 e. The fourth-order valence-corrected chi connectivity index (χ4v) is 4.39. The van der Waals surface area contributed by atoms with Crippen molar-refractivity contribution in [2.75, 3.05) is 6.54 Å². The Kier molecular flexibility index (Phi) is 4.02. The lowest BCUT2D eigenvalue weighted by Crippen LogP contribution is -2.28. The van der Waals surface area contributed by atoms with E-state index in [0.29, 0.717) is 12.8 Å². The highest BCUT2D eigenvalue weighted by atomic mass is 32.2. The van der Waals surface area contributed by atoms with Gasteiger partial charge in [0.05, 0.1) is 10.1 Å². The zero-order valence-corrected chi connectivity index (χ0v) is 11.2. The molecule has 0 aliphatic heterocycles. The van der Waals surface area contributed by atoms with E-state index < -0.39 is 15.7 Å². The molecule has 1 aliphatic rings. The number of sulfone groups is 1. The second-order valence-corrected chi connectivity index (χ2v) is 6.92. The lowest BCUT2D eigenvalue weighted by atomic mass is 10.2. The van der Waals surface area contributed by atoms with E-state index in [-0.39, 0.29) is 16.2 Å². The summed E-state index contributed by atoms with van der Waals surface area (Å²) in [5, 5.41) is 2.89. The molecule has 2 rings (SSSR count). The van der Waals surface area contributed by atoms with E-state index in [4.69, 9.17) is 0 Å². The Hall–Kier alpha value is -0.940. The van der Waals surface area contributed by atoms with Crippen LogP contribution in [0.1, 0.15) is 26.2 Å². The van der Waals surface area contributed by atoms with Crippen LogP contribution < -0.4 is 5.32 Å². The third-order valence-electron chi connectivity index (χ3n) is 3.44. The zero-order chi connectivity index (χ0) is 13.2. The largest absolute Gasteiger partial charge is 0.314 e. The molecule has 3 nitrogen and oxygen atoms in total. The molecular formula is C13H18FNO2S. The molecule has 1 N–H and O–H groups in total. The standard InChI is InChI=1S/C13H18FNO2S/c1-2-15-11-6-7-13(9-11)18(16,17)12-5-3-4-10(14)8-12/h3-5,8,11,13,15H,2,6-7,9H2,1H3. The highest BCUT2D eigenvalue weighted by Crippen LogP contribution is 2.30. The molecule has 18 heavy (non-hydrogen) atoms. The van der Waals surface area contributed by atoms with Gasteiger partial charge < -0.3 is 5.32 Å². The first-order valence-corrected chi connectivity index (χ1v) is 7.81. The van der Waals surface area contributed by atoms with Crippen molar-refractivity contribution in [2.24, 2.45) is 0 Å². The number of nitrogens with one attached hydrogen (secondary N) is 1. The quantitative estimate of drug-likeness (QED) is 0.912. The molecule has 0 amide bonds. The lowest BCUT2D eigenvalue weighted by Gasteiger charge is -2.13. The van der Waals surface area contributed by atoms with Crippen LogP contribution in [0.25, 0.3) is 0 Å². The van der Waals surface area contributed by atoms with E-state index >= 15 is 0 Å². The van der Waals surface area contributed by atoms with Crippen molar-refractivity contribution in [1.29, 1.82) is 0 Å². The number of hydrogen-bond acceptors (Lipinski definition) is 3. The van der Waals surface area contributed by atoms with Crippen LogP contribution >= 0.6 is 0 Å². The number of benzene rings is 1. The second-order valence-electron chi connectivity index (χ2n) is 4.69. The van der Waals surface area contributed by atoms with E-state index in [1.807, 2.05) is 6.92 Å². The van der Waals surface area contributed by atoms with Crippen molar-refractivity contribution in [3.63, 3.8) is 0 Å². The lowest BCUT2D eigenvalue weighted by molar-refractivity contribution is 0.537. The van der Waals surface area contributed by atoms with Crippen molar-refractivity contribution < 1.29 is 12.8 Å². The van der Waals surface area contributed by atoms with Gasteiger partial charge >= 0.3 is 0 Å². The molecule has 1 fully saturated rings. The van der Waals surface area contributed by atoms with Crippen LogP contribution in [0.4, 0.5) is 4.39 Å². The summed E-state index contributed by atoms with van der Waals surface area (Å²) in [6.07, 6.45) is 2.14. The van der Waals surface area contributed by atoms with Crippen LogP contribution in [0.5, 0.6) is 0 Å². The van der Waals surface area contributed by atoms with Gasteiger partial charge in [0.25, 0.3) is 0 Å². The molecule has 1 saturated carbocycles. The van der Waals surface area contributed by atoms with Crippen LogP contribution in [0.3, 0.4) is 0 Å². The molecule has 0 bridgehead atoms. The Morgan fingerprint density at radius 1 is 1.39 bits per heavy atom. The summed E-state index contributed by atoms with van der Waals surface area (Å²) in [6, 6.07) is 5.55. The van der Waals surface area contributed by atoms with Crippen molar-refractivity contribution in [3.8, 4) is 0 Å². The summed E-state index contributed by atoms with van der Waals surface area (Å²) in [6.45, 7) is 2.85. The first-order valence-electron chi connectivity index (χ1n) is 6.27. The first kappa shape index (κ1) is 13.5. The molecule has 100 valence electrons. The first-order chi connectivity index (χ1) is 8.54. The summed E-state index contributed by atoms with van der Waals surface area (Å²) in [5.74, 6) is -0.502. The SMILES string of the molecule is CCNC1CCC(S(=O)(=O)c2cccc(F)c2)C1. The number of rotatable bonds is 4. The third-order valence-corrected chi connectivity index (χ3v) is 5.66. The molecule has 2 atom stereocenters. The summed E-state index contributed by atoms with van der Waals surface area (Å²) in [4.78, 5) is 0.102. The van der Waals surface area contributed by atoms with Gasteiger partial charge in [-0.2, -0.15) is 0 Å². The zero-order valence-electron chi connectivity index (χ0n) is 10.4. The molecule has 0 saturated heterocycles. The summed E-state index contributed by atoms with van der Waals surface area (Å²) >= 11 is 0. The molecule has 2 unspecified atom stereocenters. The maximum absolute atomic E-state index is 13.1. The van der Waals surface area contributed by atoms with Gasteiger partial charge in [-0.1, -0.05) is 13.0 Å². The maximum atomic E-state index is 13.1. The van der Waals surface area contributed by atoms with Gasteiger partial charge in [-0.3, -0.25) is 0 Å². The van der Waals surface area contributed by atoms with Crippen LogP contribution in [0.15, 0.2) is 29.2 Å². The van der Waals surface area contributed by atoms with Crippen molar-refractivity contribution in [1.82, 2.24) is 5.32 Å². The molecule has 1 aromatic carbocycles. The molecule has 5 heteroatoms. The fourth-order valence-electron chi connectivity index (χ4n) is 2.53. The molecule has 0 radical (unpaired) electrons. The highest BCUT2D eigenvalue weighted by Gasteiger charge is 2.34. The Labute approximate surface area is 107 Å². The molecule has 0 spiro atoms. The highest BCUT2D eigenvalue weighted by molar-refractivity contribution is 7.92. The van der Waals surface area contributed by atoms with E-state index in [2.05, 4.69) is 5.32 Å². The van der Waals surface area contributed by atoms with Crippen LogP contribution in [-0.4, -0.2) is 26.3 Å². The minimum absolute atomic E-state index is 0.102. The topological polar surface area (TPSA) is 46.2 Å². The van der Waals surface area contributed by atoms with Crippen LogP contribution in [-0.2, 0) is 9.84 Å². The van der Waals surface area contributed by atoms with E-state index in [9.17, 15) is 12.8 Å². The van der Waals surface area contributed by atoms with Gasteiger partial charge in [-0.15, -0.1) is 0 Å². The van der Waals surface area contributed by atoms with Gasteiger partial charge in [0.1, 0.15) is 5.82 Å². The average molecular weight is 271 g/mol. The van der Waals surface area contributed by atoms with Gasteiger partial charge in [-0.25, -0.2) is 12.8 Å². The molecule has 1 aliphatic carbocycles. The van der Waals surface area contributed by atoms with E-state index in [1.54, 1.807) is 0 Å². The summed E-state index contributed by atoms with van der Waals surface area (Å²) in [7, 11) is -3.39. The molecule has 0 aromatic heterocycles. The molecule has 0 heterocycles. The van der Waals surface area contributed by atoms with Crippen molar-refractivity contribution in [2.45, 2.75) is 42.4 Å². The Morgan fingerprint density at radius 2 is 2.17 bits per heavy atom. The monoisotopic (exact) mass is 271 g/mol. The number of hydrogen-bond donors (Lipinski definition) is 1. The Morgan fingerprint density at radius 3 is 2.83 bits per heavy atom. The van der Waals surface area contributed by atoms with E-state index in [1.165, 1.54) is 18.2 Å². The van der Waals surface area contributed by atoms with Gasteiger partial charge in [0, 0.05) is 6.04 Å². The fraction of sp³-hybridized carbons (Fsp3) is 0.538. The molecular weight excluding hydrogens is 253 g/mol. The predicted octanol–water partition coefficient (Wildman–Crippen LogP) is 2.13. The molecule has 1 aromatic rings. The second kappa shape index (κ2) is 5.36. The Bertz CT molecular complexity index is 515.